The molecule has 2 rings (SSSR count). The van der Waals surface area contributed by atoms with Crippen molar-refractivity contribution in [3.8, 4) is 0 Å². The van der Waals surface area contributed by atoms with Crippen molar-refractivity contribution in [2.45, 2.75) is 24.5 Å². The number of aryl methyl sites for hydroxylation is 1. The van der Waals surface area contributed by atoms with Gasteiger partial charge in [-0.1, -0.05) is 18.2 Å². The minimum absolute atomic E-state index is 0.135. The molecule has 0 aliphatic rings. The number of benzene rings is 1. The molecule has 0 atom stereocenters. The molecule has 0 aliphatic carbocycles. The van der Waals surface area contributed by atoms with Gasteiger partial charge in [0.1, 0.15) is 17.3 Å². The predicted octanol–water partition coefficient (Wildman–Crippen LogP) is 2.76. The van der Waals surface area contributed by atoms with Crippen LogP contribution in [0.5, 0.6) is 0 Å². The molecular weight excluding hydrogens is 264 g/mol. The normalized spacial score (nSPS) is 11.5. The Kier molecular flexibility index (Phi) is 3.57. The number of hydrogen-bond donors (Lipinski definition) is 0. The van der Waals surface area contributed by atoms with Crippen LogP contribution in [0.2, 0.25) is 0 Å². The van der Waals surface area contributed by atoms with Gasteiger partial charge in [-0.2, -0.15) is 0 Å². The lowest BCUT2D eigenvalue weighted by molar-refractivity contribution is 0.101. The van der Waals surface area contributed by atoms with Gasteiger partial charge in [0.2, 0.25) is 0 Å². The second-order valence-electron chi connectivity index (χ2n) is 4.31. The highest BCUT2D eigenvalue weighted by molar-refractivity contribution is 7.90. The first-order valence-corrected chi connectivity index (χ1v) is 7.43. The van der Waals surface area contributed by atoms with E-state index < -0.39 is 9.84 Å². The van der Waals surface area contributed by atoms with Crippen LogP contribution in [-0.4, -0.2) is 14.2 Å². The van der Waals surface area contributed by atoms with Gasteiger partial charge >= 0.3 is 0 Å². The van der Waals surface area contributed by atoms with Crippen LogP contribution in [0.25, 0.3) is 0 Å². The third-order valence-electron chi connectivity index (χ3n) is 2.78. The summed E-state index contributed by atoms with van der Waals surface area (Å²) in [7, 11) is -3.45. The van der Waals surface area contributed by atoms with Crippen LogP contribution in [0, 0.1) is 6.92 Å². The summed E-state index contributed by atoms with van der Waals surface area (Å²) in [6.07, 6.45) is 0. The van der Waals surface area contributed by atoms with Crippen LogP contribution >= 0.6 is 0 Å². The summed E-state index contributed by atoms with van der Waals surface area (Å²) in [6, 6.07) is 9.67. The fraction of sp³-hybridized carbons (Fsp3) is 0.214. The Balaban J connectivity index is 2.31. The van der Waals surface area contributed by atoms with Crippen molar-refractivity contribution in [3.63, 3.8) is 0 Å². The van der Waals surface area contributed by atoms with Crippen molar-refractivity contribution >= 4 is 15.6 Å². The van der Waals surface area contributed by atoms with E-state index >= 15 is 0 Å². The average molecular weight is 278 g/mol. The van der Waals surface area contributed by atoms with Crippen LogP contribution in [0.3, 0.4) is 0 Å². The van der Waals surface area contributed by atoms with E-state index in [1.165, 1.54) is 25.1 Å². The van der Waals surface area contributed by atoms with Gasteiger partial charge in [0.15, 0.2) is 15.6 Å². The summed E-state index contributed by atoms with van der Waals surface area (Å²) in [5.41, 5.74) is 0.429. The van der Waals surface area contributed by atoms with Crippen LogP contribution in [0.15, 0.2) is 45.7 Å². The molecule has 1 aromatic heterocycles. The Morgan fingerprint density at radius 1 is 1.21 bits per heavy atom. The van der Waals surface area contributed by atoms with Crippen molar-refractivity contribution in [1.82, 2.24) is 0 Å². The summed E-state index contributed by atoms with van der Waals surface area (Å²) in [5, 5.41) is 0. The molecule has 0 unspecified atom stereocenters. The van der Waals surface area contributed by atoms with Crippen LogP contribution in [-0.2, 0) is 15.6 Å². The van der Waals surface area contributed by atoms with Gasteiger partial charge in [-0.05, 0) is 32.0 Å². The number of hydrogen-bond acceptors (Lipinski definition) is 4. The molecule has 5 heteroatoms. The quantitative estimate of drug-likeness (QED) is 0.807. The fourth-order valence-corrected chi connectivity index (χ4v) is 3.12. The molecule has 0 fully saturated rings. The number of sulfone groups is 1. The first kappa shape index (κ1) is 13.5. The van der Waals surface area contributed by atoms with E-state index in [1.54, 1.807) is 25.1 Å². The Labute approximate surface area is 112 Å². The molecule has 1 heterocycles. The minimum atomic E-state index is -3.45. The van der Waals surface area contributed by atoms with Gasteiger partial charge in [0, 0.05) is 0 Å². The molecule has 0 saturated carbocycles. The molecule has 0 saturated heterocycles. The summed E-state index contributed by atoms with van der Waals surface area (Å²) < 4.78 is 29.6. The van der Waals surface area contributed by atoms with Gasteiger partial charge < -0.3 is 4.42 Å². The Morgan fingerprint density at radius 2 is 1.84 bits per heavy atom. The number of rotatable bonds is 4. The highest BCUT2D eigenvalue weighted by Gasteiger charge is 2.19. The third-order valence-corrected chi connectivity index (χ3v) is 4.44. The molecule has 2 aromatic rings. The van der Waals surface area contributed by atoms with Crippen LogP contribution in [0.4, 0.5) is 0 Å². The fourth-order valence-electron chi connectivity index (χ4n) is 1.86. The van der Waals surface area contributed by atoms with Gasteiger partial charge in [0.25, 0.3) is 0 Å². The van der Waals surface area contributed by atoms with Gasteiger partial charge in [-0.25, -0.2) is 8.42 Å². The maximum atomic E-state index is 12.1. The zero-order chi connectivity index (χ0) is 14.0. The van der Waals surface area contributed by atoms with E-state index in [9.17, 15) is 13.2 Å². The maximum Gasteiger partial charge on any atom is 0.185 e. The molecular formula is C14H14O4S. The van der Waals surface area contributed by atoms with E-state index in [0.717, 1.165) is 0 Å². The highest BCUT2D eigenvalue weighted by atomic mass is 32.2. The molecule has 0 amide bonds. The molecule has 4 nitrogen and oxygen atoms in total. The number of Topliss-reactive ketones (excluding diaryl/α,β-unsaturated/α-hetero) is 1. The smallest absolute Gasteiger partial charge is 0.185 e. The molecule has 0 bridgehead atoms. The zero-order valence-electron chi connectivity index (χ0n) is 10.7. The first-order chi connectivity index (χ1) is 8.90. The van der Waals surface area contributed by atoms with Gasteiger partial charge in [0.05, 0.1) is 10.5 Å². The van der Waals surface area contributed by atoms with Crippen molar-refractivity contribution < 1.29 is 17.6 Å². The lowest BCUT2D eigenvalue weighted by Crippen LogP contribution is -2.03. The Hall–Kier alpha value is -1.88. The summed E-state index contributed by atoms with van der Waals surface area (Å²) >= 11 is 0. The largest absolute Gasteiger partial charge is 0.465 e. The summed E-state index contributed by atoms with van der Waals surface area (Å²) in [4.78, 5) is 11.5. The lowest BCUT2D eigenvalue weighted by Gasteiger charge is -2.01. The lowest BCUT2D eigenvalue weighted by atomic mass is 10.2. The average Bonchev–Trinajstić information content (AvgIpc) is 2.71. The van der Waals surface area contributed by atoms with Crippen molar-refractivity contribution in [1.29, 1.82) is 0 Å². The van der Waals surface area contributed by atoms with Crippen molar-refractivity contribution in [3.05, 3.63) is 53.5 Å². The van der Waals surface area contributed by atoms with Gasteiger partial charge in [-0.3, -0.25) is 4.79 Å². The number of ketones is 1. The van der Waals surface area contributed by atoms with Crippen molar-refractivity contribution in [2.24, 2.45) is 0 Å². The second kappa shape index (κ2) is 5.01. The molecule has 0 spiro atoms. The topological polar surface area (TPSA) is 64.3 Å². The SMILES string of the molecule is CC(=O)c1cc(CS(=O)(=O)c2ccccc2)oc1C. The monoisotopic (exact) mass is 278 g/mol. The van der Waals surface area contributed by atoms with E-state index in [0.29, 0.717) is 11.3 Å². The minimum Gasteiger partial charge on any atom is -0.465 e. The number of furan rings is 1. The molecule has 1 aromatic carbocycles. The zero-order valence-corrected chi connectivity index (χ0v) is 11.5. The van der Waals surface area contributed by atoms with Crippen LogP contribution in [0.1, 0.15) is 28.8 Å². The Bertz CT molecular complexity index is 696. The molecule has 100 valence electrons. The second-order valence-corrected chi connectivity index (χ2v) is 6.30. The highest BCUT2D eigenvalue weighted by Crippen LogP contribution is 2.21. The molecule has 0 radical (unpaired) electrons. The molecule has 0 N–H and O–H groups in total. The maximum absolute atomic E-state index is 12.1. The van der Waals surface area contributed by atoms with E-state index in [-0.39, 0.29) is 22.2 Å². The van der Waals surface area contributed by atoms with Crippen molar-refractivity contribution in [2.75, 3.05) is 0 Å². The van der Waals surface area contributed by atoms with E-state index in [4.69, 9.17) is 4.42 Å². The first-order valence-electron chi connectivity index (χ1n) is 5.78. The predicted molar refractivity (Wildman–Crippen MR) is 70.8 cm³/mol. The van der Waals surface area contributed by atoms with Gasteiger partial charge in [-0.15, -0.1) is 0 Å². The number of carbonyl (C=O) groups is 1. The van der Waals surface area contributed by atoms with Crippen LogP contribution < -0.4 is 0 Å². The standard InChI is InChI=1S/C14H14O4S/c1-10(15)14-8-12(18-11(14)2)9-19(16,17)13-6-4-3-5-7-13/h3-8H,9H2,1-2H3. The summed E-state index contributed by atoms with van der Waals surface area (Å²) in [6.45, 7) is 3.07. The molecule has 19 heavy (non-hydrogen) atoms. The number of carbonyl (C=O) groups excluding carboxylic acids is 1. The third kappa shape index (κ3) is 2.93. The van der Waals surface area contributed by atoms with E-state index in [1.807, 2.05) is 0 Å². The summed E-state index contributed by atoms with van der Waals surface area (Å²) in [5.74, 6) is 0.354. The van der Waals surface area contributed by atoms with E-state index in [2.05, 4.69) is 0 Å². The molecule has 0 aliphatic heterocycles. The Morgan fingerprint density at radius 3 is 2.37 bits per heavy atom.